The summed E-state index contributed by atoms with van der Waals surface area (Å²) in [6.07, 6.45) is 1.46. The SMILES string of the molecule is Cc1occc1C(=O)Nc1nc(-c2cccc(F)c2)cs1. The minimum absolute atomic E-state index is 0.276. The van der Waals surface area contributed by atoms with Crippen molar-refractivity contribution >= 4 is 22.4 Å². The number of halogens is 1. The van der Waals surface area contributed by atoms with Crippen molar-refractivity contribution in [3.05, 3.63) is 59.1 Å². The summed E-state index contributed by atoms with van der Waals surface area (Å²) in [5.74, 6) is -0.0455. The molecule has 0 radical (unpaired) electrons. The van der Waals surface area contributed by atoms with E-state index in [9.17, 15) is 9.18 Å². The van der Waals surface area contributed by atoms with Crippen molar-refractivity contribution in [1.82, 2.24) is 4.98 Å². The van der Waals surface area contributed by atoms with Crippen molar-refractivity contribution in [2.45, 2.75) is 6.92 Å². The molecular formula is C15H11FN2O2S. The lowest BCUT2D eigenvalue weighted by atomic mass is 10.2. The lowest BCUT2D eigenvalue weighted by molar-refractivity contribution is 0.102. The van der Waals surface area contributed by atoms with Crippen LogP contribution in [0.15, 0.2) is 46.4 Å². The van der Waals surface area contributed by atoms with E-state index in [0.29, 0.717) is 27.7 Å². The summed E-state index contributed by atoms with van der Waals surface area (Å²) < 4.78 is 18.3. The Morgan fingerprint density at radius 3 is 2.95 bits per heavy atom. The maximum absolute atomic E-state index is 13.2. The Balaban J connectivity index is 1.80. The van der Waals surface area contributed by atoms with E-state index in [1.54, 1.807) is 30.5 Å². The fraction of sp³-hybridized carbons (Fsp3) is 0.0667. The van der Waals surface area contributed by atoms with E-state index >= 15 is 0 Å². The van der Waals surface area contributed by atoms with E-state index in [2.05, 4.69) is 10.3 Å². The van der Waals surface area contributed by atoms with Crippen molar-refractivity contribution < 1.29 is 13.6 Å². The lowest BCUT2D eigenvalue weighted by Gasteiger charge is -2.00. The third kappa shape index (κ3) is 2.85. The molecule has 21 heavy (non-hydrogen) atoms. The van der Waals surface area contributed by atoms with Crippen molar-refractivity contribution in [2.24, 2.45) is 0 Å². The van der Waals surface area contributed by atoms with Gasteiger partial charge in [0.15, 0.2) is 5.13 Å². The van der Waals surface area contributed by atoms with E-state index in [1.165, 1.54) is 29.7 Å². The average Bonchev–Trinajstić information content (AvgIpc) is 3.08. The largest absolute Gasteiger partial charge is 0.469 e. The molecule has 0 unspecified atom stereocenters. The molecule has 4 nitrogen and oxygen atoms in total. The van der Waals surface area contributed by atoms with Gasteiger partial charge in [-0.3, -0.25) is 10.1 Å². The maximum atomic E-state index is 13.2. The Morgan fingerprint density at radius 2 is 2.24 bits per heavy atom. The fourth-order valence-electron chi connectivity index (χ4n) is 1.90. The normalized spacial score (nSPS) is 10.6. The molecule has 3 aromatic rings. The quantitative estimate of drug-likeness (QED) is 0.792. The number of furan rings is 1. The van der Waals surface area contributed by atoms with Crippen molar-refractivity contribution in [1.29, 1.82) is 0 Å². The lowest BCUT2D eigenvalue weighted by Crippen LogP contribution is -2.11. The molecule has 0 aliphatic rings. The van der Waals surface area contributed by atoms with Crippen LogP contribution in [-0.2, 0) is 0 Å². The van der Waals surface area contributed by atoms with Gasteiger partial charge in [0.1, 0.15) is 11.6 Å². The average molecular weight is 302 g/mol. The van der Waals surface area contributed by atoms with Gasteiger partial charge < -0.3 is 4.42 Å². The number of rotatable bonds is 3. The second-order valence-corrected chi connectivity index (χ2v) is 5.25. The monoisotopic (exact) mass is 302 g/mol. The van der Waals surface area contributed by atoms with Crippen LogP contribution in [0.1, 0.15) is 16.1 Å². The molecule has 2 aromatic heterocycles. The van der Waals surface area contributed by atoms with Crippen LogP contribution in [0.2, 0.25) is 0 Å². The van der Waals surface area contributed by atoms with Crippen LogP contribution in [-0.4, -0.2) is 10.9 Å². The summed E-state index contributed by atoms with van der Waals surface area (Å²) >= 11 is 1.29. The van der Waals surface area contributed by atoms with Crippen LogP contribution in [0.5, 0.6) is 0 Å². The van der Waals surface area contributed by atoms with Crippen molar-refractivity contribution in [3.8, 4) is 11.3 Å². The zero-order valence-corrected chi connectivity index (χ0v) is 11.9. The highest BCUT2D eigenvalue weighted by atomic mass is 32.1. The Kier molecular flexibility index (Phi) is 3.53. The number of nitrogens with one attached hydrogen (secondary N) is 1. The standard InChI is InChI=1S/C15H11FN2O2S/c1-9-12(5-6-20-9)14(19)18-15-17-13(8-21-15)10-3-2-4-11(16)7-10/h2-8H,1H3,(H,17,18,19). The predicted molar refractivity (Wildman–Crippen MR) is 78.9 cm³/mol. The van der Waals surface area contributed by atoms with Crippen molar-refractivity contribution in [3.63, 3.8) is 0 Å². The number of aryl methyl sites for hydroxylation is 1. The highest BCUT2D eigenvalue weighted by Crippen LogP contribution is 2.25. The van der Waals surface area contributed by atoms with E-state index in [-0.39, 0.29) is 11.7 Å². The van der Waals surface area contributed by atoms with Gasteiger partial charge >= 0.3 is 0 Å². The number of nitrogens with zero attached hydrogens (tertiary/aromatic N) is 1. The third-order valence-corrected chi connectivity index (χ3v) is 3.71. The second kappa shape index (κ2) is 5.49. The van der Waals surface area contributed by atoms with Gasteiger partial charge in [-0.15, -0.1) is 11.3 Å². The molecule has 0 aliphatic heterocycles. The molecule has 0 atom stereocenters. The third-order valence-electron chi connectivity index (χ3n) is 2.95. The topological polar surface area (TPSA) is 55.1 Å². The summed E-state index contributed by atoms with van der Waals surface area (Å²) in [6.45, 7) is 1.72. The first kappa shape index (κ1) is 13.5. The van der Waals surface area contributed by atoms with Crippen LogP contribution >= 0.6 is 11.3 Å². The fourth-order valence-corrected chi connectivity index (χ4v) is 2.61. The number of benzene rings is 1. The molecule has 0 spiro atoms. The number of carbonyl (C=O) groups excluding carboxylic acids is 1. The van der Waals surface area contributed by atoms with E-state index in [1.807, 2.05) is 0 Å². The first-order chi connectivity index (χ1) is 10.1. The van der Waals surface area contributed by atoms with Gasteiger partial charge in [0.25, 0.3) is 5.91 Å². The summed E-state index contributed by atoms with van der Waals surface area (Å²) in [4.78, 5) is 16.3. The summed E-state index contributed by atoms with van der Waals surface area (Å²) in [7, 11) is 0. The predicted octanol–water partition coefficient (Wildman–Crippen LogP) is 4.10. The molecule has 106 valence electrons. The molecule has 1 N–H and O–H groups in total. The number of carbonyl (C=O) groups is 1. The van der Waals surface area contributed by atoms with Crippen LogP contribution in [0.4, 0.5) is 9.52 Å². The van der Waals surface area contributed by atoms with Crippen LogP contribution in [0, 0.1) is 12.7 Å². The molecule has 3 rings (SSSR count). The van der Waals surface area contributed by atoms with Gasteiger partial charge in [-0.2, -0.15) is 0 Å². The number of amides is 1. The van der Waals surface area contributed by atoms with Crippen LogP contribution in [0.3, 0.4) is 0 Å². The maximum Gasteiger partial charge on any atom is 0.260 e. The number of thiazole rings is 1. The summed E-state index contributed by atoms with van der Waals surface area (Å²) in [5, 5.41) is 4.93. The molecule has 0 saturated heterocycles. The number of aromatic nitrogens is 1. The number of anilines is 1. The summed E-state index contributed by atoms with van der Waals surface area (Å²) in [5.41, 5.74) is 1.77. The first-order valence-electron chi connectivity index (χ1n) is 6.20. The molecular weight excluding hydrogens is 291 g/mol. The molecule has 2 heterocycles. The zero-order chi connectivity index (χ0) is 14.8. The highest BCUT2D eigenvalue weighted by molar-refractivity contribution is 7.14. The van der Waals surface area contributed by atoms with Gasteiger partial charge in [0, 0.05) is 10.9 Å². The minimum Gasteiger partial charge on any atom is -0.469 e. The Bertz CT molecular complexity index is 794. The van der Waals surface area contributed by atoms with Gasteiger partial charge in [0.05, 0.1) is 17.5 Å². The molecule has 1 aromatic carbocycles. The molecule has 6 heteroatoms. The zero-order valence-electron chi connectivity index (χ0n) is 11.1. The second-order valence-electron chi connectivity index (χ2n) is 4.39. The first-order valence-corrected chi connectivity index (χ1v) is 7.08. The van der Waals surface area contributed by atoms with Crippen LogP contribution in [0.25, 0.3) is 11.3 Å². The van der Waals surface area contributed by atoms with Gasteiger partial charge in [0.2, 0.25) is 0 Å². The Hall–Kier alpha value is -2.47. The molecule has 1 amide bonds. The van der Waals surface area contributed by atoms with E-state index in [4.69, 9.17) is 4.42 Å². The van der Waals surface area contributed by atoms with Gasteiger partial charge in [-0.1, -0.05) is 12.1 Å². The van der Waals surface area contributed by atoms with Gasteiger partial charge in [-0.05, 0) is 25.1 Å². The molecule has 0 saturated carbocycles. The van der Waals surface area contributed by atoms with Crippen molar-refractivity contribution in [2.75, 3.05) is 5.32 Å². The smallest absolute Gasteiger partial charge is 0.260 e. The Morgan fingerprint density at radius 1 is 1.38 bits per heavy atom. The number of hydrogen-bond acceptors (Lipinski definition) is 4. The Labute approximate surface area is 124 Å². The molecule has 0 fully saturated rings. The minimum atomic E-state index is -0.319. The van der Waals surface area contributed by atoms with Crippen LogP contribution < -0.4 is 5.32 Å². The summed E-state index contributed by atoms with van der Waals surface area (Å²) in [6, 6.07) is 7.77. The molecule has 0 aliphatic carbocycles. The highest BCUT2D eigenvalue weighted by Gasteiger charge is 2.13. The van der Waals surface area contributed by atoms with Gasteiger partial charge in [-0.25, -0.2) is 9.37 Å². The number of hydrogen-bond donors (Lipinski definition) is 1. The van der Waals surface area contributed by atoms with E-state index < -0.39 is 0 Å². The molecule has 0 bridgehead atoms. The van der Waals surface area contributed by atoms with E-state index in [0.717, 1.165) is 0 Å².